The SMILES string of the molecule is CC1=CCC(C(=O)CC(C)C)C1(C)C. The molecule has 1 unspecified atom stereocenters. The summed E-state index contributed by atoms with van der Waals surface area (Å²) in [5.74, 6) is 1.15. The molecule has 0 amide bonds. The minimum absolute atomic E-state index is 0.0893. The molecular formula is C13H22O. The Morgan fingerprint density at radius 3 is 2.50 bits per heavy atom. The Labute approximate surface area is 87.6 Å². The maximum absolute atomic E-state index is 12.0. The topological polar surface area (TPSA) is 17.1 Å². The van der Waals surface area contributed by atoms with Crippen molar-refractivity contribution >= 4 is 5.78 Å². The normalized spacial score (nSPS) is 25.3. The third-order valence-corrected chi connectivity index (χ3v) is 3.55. The number of Topliss-reactive ketones (excluding diaryl/α,β-unsaturated/α-hetero) is 1. The fraction of sp³-hybridized carbons (Fsp3) is 0.769. The van der Waals surface area contributed by atoms with E-state index in [1.54, 1.807) is 0 Å². The zero-order valence-electron chi connectivity index (χ0n) is 10.1. The maximum Gasteiger partial charge on any atom is 0.137 e. The van der Waals surface area contributed by atoms with Gasteiger partial charge in [-0.05, 0) is 24.7 Å². The highest BCUT2D eigenvalue weighted by molar-refractivity contribution is 5.83. The zero-order valence-corrected chi connectivity index (χ0v) is 10.1. The van der Waals surface area contributed by atoms with Crippen LogP contribution >= 0.6 is 0 Å². The van der Waals surface area contributed by atoms with E-state index in [2.05, 4.69) is 40.7 Å². The Morgan fingerprint density at radius 2 is 2.14 bits per heavy atom. The van der Waals surface area contributed by atoms with Gasteiger partial charge in [-0.25, -0.2) is 0 Å². The number of hydrogen-bond donors (Lipinski definition) is 0. The standard InChI is InChI=1S/C13H22O/c1-9(2)8-12(14)11-7-6-10(3)13(11,4)5/h6,9,11H,7-8H2,1-5H3. The molecule has 0 radical (unpaired) electrons. The summed E-state index contributed by atoms with van der Waals surface area (Å²) in [6.45, 7) is 10.7. The molecule has 1 aliphatic carbocycles. The second-order valence-electron chi connectivity index (χ2n) is 5.46. The highest BCUT2D eigenvalue weighted by Crippen LogP contribution is 2.44. The van der Waals surface area contributed by atoms with Crippen LogP contribution in [-0.4, -0.2) is 5.78 Å². The molecule has 0 bridgehead atoms. The molecule has 1 aliphatic rings. The van der Waals surface area contributed by atoms with Gasteiger partial charge in [-0.3, -0.25) is 4.79 Å². The number of ketones is 1. The molecular weight excluding hydrogens is 172 g/mol. The van der Waals surface area contributed by atoms with Gasteiger partial charge in [0.15, 0.2) is 0 Å². The molecule has 0 saturated carbocycles. The van der Waals surface area contributed by atoms with E-state index in [-0.39, 0.29) is 11.3 Å². The molecule has 80 valence electrons. The highest BCUT2D eigenvalue weighted by Gasteiger charge is 2.39. The molecule has 0 aromatic rings. The molecule has 0 saturated heterocycles. The van der Waals surface area contributed by atoms with Crippen molar-refractivity contribution in [3.63, 3.8) is 0 Å². The van der Waals surface area contributed by atoms with Crippen LogP contribution in [0.15, 0.2) is 11.6 Å². The fourth-order valence-corrected chi connectivity index (χ4v) is 2.21. The first-order valence-corrected chi connectivity index (χ1v) is 5.55. The van der Waals surface area contributed by atoms with Crippen LogP contribution in [0.5, 0.6) is 0 Å². The van der Waals surface area contributed by atoms with Crippen LogP contribution < -0.4 is 0 Å². The minimum atomic E-state index is 0.0893. The molecule has 0 aromatic heterocycles. The van der Waals surface area contributed by atoms with Crippen molar-refractivity contribution in [2.75, 3.05) is 0 Å². The first-order valence-electron chi connectivity index (χ1n) is 5.55. The van der Waals surface area contributed by atoms with Crippen molar-refractivity contribution < 1.29 is 4.79 Å². The predicted molar refractivity (Wildman–Crippen MR) is 60.1 cm³/mol. The summed E-state index contributed by atoms with van der Waals surface area (Å²) < 4.78 is 0. The first-order chi connectivity index (χ1) is 6.35. The van der Waals surface area contributed by atoms with E-state index in [0.717, 1.165) is 12.8 Å². The molecule has 0 heterocycles. The molecule has 0 spiro atoms. The summed E-state index contributed by atoms with van der Waals surface area (Å²) in [5.41, 5.74) is 1.46. The molecule has 0 aromatic carbocycles. The van der Waals surface area contributed by atoms with Gasteiger partial charge < -0.3 is 0 Å². The van der Waals surface area contributed by atoms with Crippen molar-refractivity contribution in [2.24, 2.45) is 17.3 Å². The van der Waals surface area contributed by atoms with Gasteiger partial charge in [0.1, 0.15) is 5.78 Å². The Morgan fingerprint density at radius 1 is 1.57 bits per heavy atom. The average molecular weight is 194 g/mol. The highest BCUT2D eigenvalue weighted by atomic mass is 16.1. The van der Waals surface area contributed by atoms with Crippen LogP contribution in [0.2, 0.25) is 0 Å². The Balaban J connectivity index is 2.69. The average Bonchev–Trinajstić information content (AvgIpc) is 2.26. The predicted octanol–water partition coefficient (Wildman–Crippen LogP) is 3.59. The van der Waals surface area contributed by atoms with E-state index in [9.17, 15) is 4.79 Å². The van der Waals surface area contributed by atoms with Gasteiger partial charge in [-0.1, -0.05) is 39.3 Å². The summed E-state index contributed by atoms with van der Waals surface area (Å²) in [7, 11) is 0. The number of rotatable bonds is 3. The van der Waals surface area contributed by atoms with Crippen LogP contribution in [0.3, 0.4) is 0 Å². The van der Waals surface area contributed by atoms with Crippen LogP contribution in [0, 0.1) is 17.3 Å². The monoisotopic (exact) mass is 194 g/mol. The van der Waals surface area contributed by atoms with Crippen molar-refractivity contribution in [2.45, 2.75) is 47.5 Å². The van der Waals surface area contributed by atoms with E-state index in [0.29, 0.717) is 11.7 Å². The lowest BCUT2D eigenvalue weighted by Gasteiger charge is -2.29. The van der Waals surface area contributed by atoms with E-state index in [1.165, 1.54) is 5.57 Å². The summed E-state index contributed by atoms with van der Waals surface area (Å²) in [6, 6.07) is 0. The van der Waals surface area contributed by atoms with Crippen molar-refractivity contribution in [1.29, 1.82) is 0 Å². The van der Waals surface area contributed by atoms with Gasteiger partial charge in [0.2, 0.25) is 0 Å². The van der Waals surface area contributed by atoms with Gasteiger partial charge in [0, 0.05) is 12.3 Å². The van der Waals surface area contributed by atoms with Gasteiger partial charge >= 0.3 is 0 Å². The van der Waals surface area contributed by atoms with Gasteiger partial charge in [0.05, 0.1) is 0 Å². The molecule has 1 nitrogen and oxygen atoms in total. The summed E-state index contributed by atoms with van der Waals surface area (Å²) in [5, 5.41) is 0. The lowest BCUT2D eigenvalue weighted by molar-refractivity contribution is -0.125. The Bertz CT molecular complexity index is 258. The Kier molecular flexibility index (Phi) is 3.18. The number of carbonyl (C=O) groups is 1. The molecule has 0 fully saturated rings. The van der Waals surface area contributed by atoms with Crippen molar-refractivity contribution in [3.8, 4) is 0 Å². The van der Waals surface area contributed by atoms with Crippen molar-refractivity contribution in [3.05, 3.63) is 11.6 Å². The maximum atomic E-state index is 12.0. The van der Waals surface area contributed by atoms with E-state index < -0.39 is 0 Å². The number of hydrogen-bond acceptors (Lipinski definition) is 1. The molecule has 1 atom stereocenters. The third kappa shape index (κ3) is 2.08. The number of allylic oxidation sites excluding steroid dienone is 2. The van der Waals surface area contributed by atoms with Gasteiger partial charge in [-0.2, -0.15) is 0 Å². The lowest BCUT2D eigenvalue weighted by atomic mass is 9.74. The second-order valence-corrected chi connectivity index (χ2v) is 5.46. The smallest absolute Gasteiger partial charge is 0.137 e. The van der Waals surface area contributed by atoms with Crippen LogP contribution in [0.1, 0.15) is 47.5 Å². The molecule has 0 N–H and O–H groups in total. The second kappa shape index (κ2) is 3.88. The van der Waals surface area contributed by atoms with Crippen LogP contribution in [-0.2, 0) is 4.79 Å². The third-order valence-electron chi connectivity index (χ3n) is 3.55. The number of carbonyl (C=O) groups excluding carboxylic acids is 1. The molecule has 1 heteroatoms. The Hall–Kier alpha value is -0.590. The van der Waals surface area contributed by atoms with E-state index in [4.69, 9.17) is 0 Å². The molecule has 0 aliphatic heterocycles. The first kappa shape index (κ1) is 11.5. The largest absolute Gasteiger partial charge is 0.299 e. The fourth-order valence-electron chi connectivity index (χ4n) is 2.21. The van der Waals surface area contributed by atoms with E-state index in [1.807, 2.05) is 0 Å². The van der Waals surface area contributed by atoms with Crippen LogP contribution in [0.4, 0.5) is 0 Å². The molecule has 1 rings (SSSR count). The minimum Gasteiger partial charge on any atom is -0.299 e. The summed E-state index contributed by atoms with van der Waals surface area (Å²) >= 11 is 0. The molecule has 14 heavy (non-hydrogen) atoms. The quantitative estimate of drug-likeness (QED) is 0.627. The summed E-state index contributed by atoms with van der Waals surface area (Å²) in [6.07, 6.45) is 3.91. The zero-order chi connectivity index (χ0) is 10.9. The summed E-state index contributed by atoms with van der Waals surface area (Å²) in [4.78, 5) is 12.0. The van der Waals surface area contributed by atoms with E-state index >= 15 is 0 Å². The van der Waals surface area contributed by atoms with Crippen molar-refractivity contribution in [1.82, 2.24) is 0 Å². The van der Waals surface area contributed by atoms with Gasteiger partial charge in [0.25, 0.3) is 0 Å². The lowest BCUT2D eigenvalue weighted by Crippen LogP contribution is -2.28. The van der Waals surface area contributed by atoms with Crippen LogP contribution in [0.25, 0.3) is 0 Å². The van der Waals surface area contributed by atoms with Gasteiger partial charge in [-0.15, -0.1) is 0 Å².